The van der Waals surface area contributed by atoms with E-state index in [2.05, 4.69) is 5.32 Å². The van der Waals surface area contributed by atoms with E-state index >= 15 is 0 Å². The summed E-state index contributed by atoms with van der Waals surface area (Å²) in [7, 11) is 0. The fraction of sp³-hybridized carbons (Fsp3) is 0.438. The molecule has 1 aromatic carbocycles. The Balaban J connectivity index is 1.74. The first-order valence-corrected chi connectivity index (χ1v) is 7.46. The van der Waals surface area contributed by atoms with Gasteiger partial charge < -0.3 is 15.3 Å². The molecular formula is C16H18N2O4. The number of carboxylic acid groups (broad SMARTS) is 1. The van der Waals surface area contributed by atoms with Crippen LogP contribution in [-0.4, -0.2) is 40.4 Å². The van der Waals surface area contributed by atoms with E-state index in [1.807, 2.05) is 0 Å². The van der Waals surface area contributed by atoms with Crippen molar-refractivity contribution in [3.8, 4) is 0 Å². The summed E-state index contributed by atoms with van der Waals surface area (Å²) in [5, 5.41) is 12.2. The average molecular weight is 302 g/mol. The van der Waals surface area contributed by atoms with Gasteiger partial charge in [-0.05, 0) is 24.8 Å². The minimum absolute atomic E-state index is 0.0336. The highest BCUT2D eigenvalue weighted by molar-refractivity contribution is 5.93. The number of benzene rings is 1. The van der Waals surface area contributed by atoms with Crippen molar-refractivity contribution in [2.24, 2.45) is 5.92 Å². The number of carbonyl (C=O) groups is 3. The summed E-state index contributed by atoms with van der Waals surface area (Å²) in [6.07, 6.45) is 2.20. The molecule has 1 saturated heterocycles. The molecule has 0 spiro atoms. The van der Waals surface area contributed by atoms with E-state index in [-0.39, 0.29) is 17.7 Å². The van der Waals surface area contributed by atoms with E-state index in [0.29, 0.717) is 18.5 Å². The maximum Gasteiger partial charge on any atom is 0.331 e. The first-order valence-electron chi connectivity index (χ1n) is 7.46. The van der Waals surface area contributed by atoms with Crippen LogP contribution in [0.25, 0.3) is 0 Å². The van der Waals surface area contributed by atoms with Crippen LogP contribution in [0.15, 0.2) is 30.3 Å². The summed E-state index contributed by atoms with van der Waals surface area (Å²) in [6, 6.07) is 7.09. The van der Waals surface area contributed by atoms with Gasteiger partial charge in [0.15, 0.2) is 6.04 Å². The van der Waals surface area contributed by atoms with Crippen molar-refractivity contribution < 1.29 is 19.5 Å². The molecule has 2 N–H and O–H groups in total. The molecule has 3 rings (SSSR count). The zero-order valence-corrected chi connectivity index (χ0v) is 12.1. The zero-order chi connectivity index (χ0) is 15.7. The lowest BCUT2D eigenvalue weighted by molar-refractivity contribution is -0.149. The van der Waals surface area contributed by atoms with Crippen molar-refractivity contribution in [3.05, 3.63) is 35.9 Å². The Labute approximate surface area is 128 Å². The fourth-order valence-corrected chi connectivity index (χ4v) is 2.82. The van der Waals surface area contributed by atoms with Crippen LogP contribution in [0.3, 0.4) is 0 Å². The molecule has 1 heterocycles. The second kappa shape index (κ2) is 5.79. The molecule has 1 saturated carbocycles. The lowest BCUT2D eigenvalue weighted by atomic mass is 10.1. The molecule has 6 heteroatoms. The molecule has 116 valence electrons. The molecule has 1 aliphatic carbocycles. The first-order chi connectivity index (χ1) is 10.6. The summed E-state index contributed by atoms with van der Waals surface area (Å²) < 4.78 is 0. The largest absolute Gasteiger partial charge is 0.479 e. The molecule has 2 amide bonds. The van der Waals surface area contributed by atoms with E-state index in [4.69, 9.17) is 0 Å². The molecule has 0 aromatic heterocycles. The Bertz CT molecular complexity index is 597. The van der Waals surface area contributed by atoms with Crippen LogP contribution in [0.5, 0.6) is 0 Å². The minimum Gasteiger partial charge on any atom is -0.479 e. The van der Waals surface area contributed by atoms with Crippen molar-refractivity contribution in [1.29, 1.82) is 0 Å². The van der Waals surface area contributed by atoms with Gasteiger partial charge in [0.2, 0.25) is 11.8 Å². The summed E-state index contributed by atoms with van der Waals surface area (Å²) in [6.45, 7) is 0.334. The third-order valence-electron chi connectivity index (χ3n) is 4.17. The first kappa shape index (κ1) is 14.6. The van der Waals surface area contributed by atoms with E-state index < -0.39 is 18.1 Å². The lowest BCUT2D eigenvalue weighted by Crippen LogP contribution is -2.44. The van der Waals surface area contributed by atoms with Gasteiger partial charge in [-0.3, -0.25) is 9.59 Å². The minimum atomic E-state index is -1.06. The molecule has 0 unspecified atom stereocenters. The Hall–Kier alpha value is -2.37. The second-order valence-corrected chi connectivity index (χ2v) is 5.81. The second-order valence-electron chi connectivity index (χ2n) is 5.81. The van der Waals surface area contributed by atoms with Crippen LogP contribution in [0.4, 0.5) is 0 Å². The maximum atomic E-state index is 12.5. The topological polar surface area (TPSA) is 86.7 Å². The van der Waals surface area contributed by atoms with Gasteiger partial charge in [-0.25, -0.2) is 4.79 Å². The summed E-state index contributed by atoms with van der Waals surface area (Å²) in [5.74, 6) is -1.43. The van der Waals surface area contributed by atoms with Crippen molar-refractivity contribution in [1.82, 2.24) is 10.2 Å². The lowest BCUT2D eigenvalue weighted by Gasteiger charge is -2.25. The number of hydrogen-bond acceptors (Lipinski definition) is 3. The monoisotopic (exact) mass is 302 g/mol. The molecule has 1 aromatic rings. The van der Waals surface area contributed by atoms with Gasteiger partial charge in [0.25, 0.3) is 0 Å². The Morgan fingerprint density at radius 3 is 2.45 bits per heavy atom. The van der Waals surface area contributed by atoms with Crippen LogP contribution in [0.1, 0.15) is 30.9 Å². The van der Waals surface area contributed by atoms with E-state index in [9.17, 15) is 19.5 Å². The number of carboxylic acids is 1. The van der Waals surface area contributed by atoms with Crippen molar-refractivity contribution in [2.45, 2.75) is 31.3 Å². The maximum absolute atomic E-state index is 12.5. The van der Waals surface area contributed by atoms with Gasteiger partial charge in [-0.15, -0.1) is 0 Å². The molecule has 2 aliphatic rings. The van der Waals surface area contributed by atoms with Crippen LogP contribution in [-0.2, 0) is 14.4 Å². The van der Waals surface area contributed by atoms with Crippen molar-refractivity contribution in [2.75, 3.05) is 6.54 Å². The highest BCUT2D eigenvalue weighted by Crippen LogP contribution is 2.30. The van der Waals surface area contributed by atoms with Gasteiger partial charge in [0, 0.05) is 12.5 Å². The number of likely N-dealkylation sites (tertiary alicyclic amines) is 1. The molecule has 2 atom stereocenters. The van der Waals surface area contributed by atoms with Gasteiger partial charge in [-0.1, -0.05) is 30.3 Å². The molecule has 0 radical (unpaired) electrons. The van der Waals surface area contributed by atoms with E-state index in [1.165, 1.54) is 4.90 Å². The Kier molecular flexibility index (Phi) is 3.83. The average Bonchev–Trinajstić information content (AvgIpc) is 3.29. The zero-order valence-electron chi connectivity index (χ0n) is 12.1. The summed E-state index contributed by atoms with van der Waals surface area (Å²) in [5.41, 5.74) is 0.567. The number of rotatable bonds is 5. The normalized spacial score (nSPS) is 22.5. The molecule has 2 fully saturated rings. The third kappa shape index (κ3) is 2.81. The quantitative estimate of drug-likeness (QED) is 0.847. The summed E-state index contributed by atoms with van der Waals surface area (Å²) >= 11 is 0. The third-order valence-corrected chi connectivity index (χ3v) is 4.17. The van der Waals surface area contributed by atoms with Gasteiger partial charge in [0.05, 0.1) is 0 Å². The highest BCUT2D eigenvalue weighted by atomic mass is 16.4. The van der Waals surface area contributed by atoms with E-state index in [1.54, 1.807) is 30.3 Å². The summed E-state index contributed by atoms with van der Waals surface area (Å²) in [4.78, 5) is 37.2. The number of carbonyl (C=O) groups excluding carboxylic acids is 2. The smallest absolute Gasteiger partial charge is 0.331 e. The molecule has 6 nitrogen and oxygen atoms in total. The van der Waals surface area contributed by atoms with Gasteiger partial charge in [-0.2, -0.15) is 0 Å². The van der Waals surface area contributed by atoms with Crippen LogP contribution < -0.4 is 5.32 Å². The highest BCUT2D eigenvalue weighted by Gasteiger charge is 2.41. The standard InChI is InChI=1S/C16H18N2O4/c19-14(11-6-7-11)17-12-8-9-18(15(12)20)13(16(21)22)10-4-2-1-3-5-10/h1-5,11-13H,6-9H2,(H,17,19)(H,21,22)/t12-,13+/m0/s1. The molecule has 0 bridgehead atoms. The van der Waals surface area contributed by atoms with Gasteiger partial charge in [0.1, 0.15) is 6.04 Å². The number of nitrogens with one attached hydrogen (secondary N) is 1. The predicted molar refractivity (Wildman–Crippen MR) is 77.8 cm³/mol. The van der Waals surface area contributed by atoms with Crippen LogP contribution in [0, 0.1) is 5.92 Å². The van der Waals surface area contributed by atoms with Crippen LogP contribution in [0.2, 0.25) is 0 Å². The number of nitrogens with zero attached hydrogens (tertiary/aromatic N) is 1. The fourth-order valence-electron chi connectivity index (χ4n) is 2.82. The van der Waals surface area contributed by atoms with Gasteiger partial charge >= 0.3 is 5.97 Å². The Morgan fingerprint density at radius 2 is 1.86 bits per heavy atom. The number of amides is 2. The van der Waals surface area contributed by atoms with E-state index in [0.717, 1.165) is 12.8 Å². The number of aliphatic carboxylic acids is 1. The predicted octanol–water partition coefficient (Wildman–Crippen LogP) is 0.939. The van der Waals surface area contributed by atoms with Crippen molar-refractivity contribution in [3.63, 3.8) is 0 Å². The molecule has 1 aliphatic heterocycles. The molecular weight excluding hydrogens is 284 g/mol. The SMILES string of the molecule is O=C(N[C@H]1CCN([C@@H](C(=O)O)c2ccccc2)C1=O)C1CC1. The van der Waals surface area contributed by atoms with Crippen LogP contribution >= 0.6 is 0 Å². The Morgan fingerprint density at radius 1 is 1.18 bits per heavy atom. The van der Waals surface area contributed by atoms with Crippen molar-refractivity contribution >= 4 is 17.8 Å². The molecule has 22 heavy (non-hydrogen) atoms. The number of hydrogen-bond donors (Lipinski definition) is 2.